The molecule has 0 aliphatic rings. The summed E-state index contributed by atoms with van der Waals surface area (Å²) in [5.41, 5.74) is 1.40. The first-order valence-corrected chi connectivity index (χ1v) is 7.91. The molecule has 2 aromatic heterocycles. The Morgan fingerprint density at radius 3 is 1.23 bits per heavy atom. The number of ketones is 2. The summed E-state index contributed by atoms with van der Waals surface area (Å²) in [7, 11) is 0. The predicted molar refractivity (Wildman–Crippen MR) is 105 cm³/mol. The van der Waals surface area contributed by atoms with Gasteiger partial charge in [0, 0.05) is 35.9 Å². The largest absolute Gasteiger partial charge is 0.293 e. The van der Waals surface area contributed by atoms with Crippen molar-refractivity contribution in [1.29, 1.82) is 0 Å². The van der Waals surface area contributed by atoms with Crippen LogP contribution in [0.1, 0.15) is 20.7 Å². The van der Waals surface area contributed by atoms with E-state index in [1.165, 1.54) is 0 Å². The number of hydrogen-bond acceptors (Lipinski definition) is 4. The standard InChI is InChI=1S/2C7H6BrNO.2BrH/c2*8-5-7(10)6-1-3-9-4-2-6;;/h2*1-4H,5H2;2*1H. The molecule has 0 saturated carbocycles. The highest BCUT2D eigenvalue weighted by Gasteiger charge is 2.00. The van der Waals surface area contributed by atoms with Gasteiger partial charge >= 0.3 is 0 Å². The zero-order chi connectivity index (χ0) is 14.8. The summed E-state index contributed by atoms with van der Waals surface area (Å²) >= 11 is 6.16. The van der Waals surface area contributed by atoms with Crippen molar-refractivity contribution >= 4 is 77.4 Å². The summed E-state index contributed by atoms with van der Waals surface area (Å²) in [5, 5.41) is 0.744. The van der Waals surface area contributed by atoms with Crippen LogP contribution in [0.2, 0.25) is 0 Å². The molecule has 0 unspecified atom stereocenters. The van der Waals surface area contributed by atoms with Crippen LogP contribution >= 0.6 is 65.8 Å². The van der Waals surface area contributed by atoms with Crippen LogP contribution in [0.3, 0.4) is 0 Å². The molecular weight excluding hydrogens is 548 g/mol. The molecule has 0 aliphatic carbocycles. The van der Waals surface area contributed by atoms with E-state index in [1.807, 2.05) is 0 Å². The third-order valence-corrected chi connectivity index (χ3v) is 3.27. The van der Waals surface area contributed by atoms with E-state index in [4.69, 9.17) is 0 Å². The molecule has 2 aromatic rings. The Kier molecular flexibility index (Phi) is 15.3. The number of rotatable bonds is 4. The molecule has 0 atom stereocenters. The van der Waals surface area contributed by atoms with Crippen molar-refractivity contribution in [3.8, 4) is 0 Å². The molecule has 0 spiro atoms. The lowest BCUT2D eigenvalue weighted by molar-refractivity contribution is 0.101. The van der Waals surface area contributed by atoms with Gasteiger partial charge in [0.1, 0.15) is 0 Å². The van der Waals surface area contributed by atoms with Crippen molar-refractivity contribution in [2.75, 3.05) is 10.7 Å². The number of carbonyl (C=O) groups excluding carboxylic acids is 2. The molecule has 0 fully saturated rings. The third-order valence-electron chi connectivity index (χ3n) is 2.25. The maximum Gasteiger partial charge on any atom is 0.173 e. The Labute approximate surface area is 166 Å². The van der Waals surface area contributed by atoms with E-state index in [0.29, 0.717) is 21.8 Å². The average molecular weight is 562 g/mol. The van der Waals surface area contributed by atoms with Crippen LogP contribution in [-0.2, 0) is 0 Å². The molecule has 22 heavy (non-hydrogen) atoms. The van der Waals surface area contributed by atoms with E-state index in [2.05, 4.69) is 41.8 Å². The predicted octanol–water partition coefficient (Wildman–Crippen LogP) is 4.47. The maximum absolute atomic E-state index is 10.9. The summed E-state index contributed by atoms with van der Waals surface area (Å²) in [4.78, 5) is 29.5. The van der Waals surface area contributed by atoms with Crippen LogP contribution < -0.4 is 0 Å². The van der Waals surface area contributed by atoms with Gasteiger partial charge in [0.25, 0.3) is 0 Å². The maximum atomic E-state index is 10.9. The molecule has 120 valence electrons. The Hall–Kier alpha value is -0.440. The normalized spacial score (nSPS) is 8.45. The zero-order valence-electron chi connectivity index (χ0n) is 11.3. The molecule has 2 heterocycles. The Bertz CT molecular complexity index is 502. The number of aromatic nitrogens is 2. The van der Waals surface area contributed by atoms with Crippen LogP contribution in [0.15, 0.2) is 49.1 Å². The lowest BCUT2D eigenvalue weighted by Crippen LogP contribution is -1.98. The van der Waals surface area contributed by atoms with Gasteiger partial charge in [-0.1, -0.05) is 31.9 Å². The number of pyridine rings is 2. The molecule has 0 saturated heterocycles. The summed E-state index contributed by atoms with van der Waals surface area (Å²) in [6.45, 7) is 0. The highest BCUT2D eigenvalue weighted by molar-refractivity contribution is 9.09. The minimum atomic E-state index is 0. The highest BCUT2D eigenvalue weighted by Crippen LogP contribution is 2.00. The monoisotopic (exact) mass is 558 g/mol. The summed E-state index contributed by atoms with van der Waals surface area (Å²) < 4.78 is 0. The van der Waals surface area contributed by atoms with E-state index >= 15 is 0 Å². The summed E-state index contributed by atoms with van der Waals surface area (Å²) in [6, 6.07) is 6.79. The van der Waals surface area contributed by atoms with Crippen LogP contribution in [-0.4, -0.2) is 32.2 Å². The van der Waals surface area contributed by atoms with Gasteiger partial charge < -0.3 is 0 Å². The second-order valence-electron chi connectivity index (χ2n) is 3.59. The Morgan fingerprint density at radius 1 is 0.727 bits per heavy atom. The Balaban J connectivity index is 0. The first-order valence-electron chi connectivity index (χ1n) is 5.67. The molecular formula is C14H14Br4N2O2. The fourth-order valence-electron chi connectivity index (χ4n) is 1.23. The second kappa shape index (κ2) is 14.2. The molecule has 8 heteroatoms. The number of alkyl halides is 2. The van der Waals surface area contributed by atoms with Crippen LogP contribution in [0.25, 0.3) is 0 Å². The van der Waals surface area contributed by atoms with Crippen LogP contribution in [0.4, 0.5) is 0 Å². The summed E-state index contributed by atoms with van der Waals surface area (Å²) in [5.74, 6) is 0.171. The molecule has 0 bridgehead atoms. The van der Waals surface area contributed by atoms with Crippen LogP contribution in [0.5, 0.6) is 0 Å². The highest BCUT2D eigenvalue weighted by atomic mass is 79.9. The van der Waals surface area contributed by atoms with E-state index in [1.54, 1.807) is 49.1 Å². The quantitative estimate of drug-likeness (QED) is 0.408. The van der Waals surface area contributed by atoms with E-state index in [9.17, 15) is 9.59 Å². The molecule has 0 amide bonds. The number of carbonyl (C=O) groups is 2. The van der Waals surface area contributed by atoms with Gasteiger partial charge in [-0.15, -0.1) is 34.0 Å². The fraction of sp³-hybridized carbons (Fsp3) is 0.143. The van der Waals surface area contributed by atoms with Crippen molar-refractivity contribution in [2.45, 2.75) is 0 Å². The van der Waals surface area contributed by atoms with Gasteiger partial charge in [0.05, 0.1) is 10.7 Å². The minimum Gasteiger partial charge on any atom is -0.293 e. The first-order chi connectivity index (χ1) is 9.69. The zero-order valence-corrected chi connectivity index (χ0v) is 17.9. The SMILES string of the molecule is Br.Br.O=C(CBr)c1ccncc1.O=C(CBr)c1ccncc1. The van der Waals surface area contributed by atoms with Crippen molar-refractivity contribution in [2.24, 2.45) is 0 Å². The van der Waals surface area contributed by atoms with Crippen molar-refractivity contribution < 1.29 is 9.59 Å². The topological polar surface area (TPSA) is 59.9 Å². The van der Waals surface area contributed by atoms with Crippen molar-refractivity contribution in [1.82, 2.24) is 9.97 Å². The van der Waals surface area contributed by atoms with Gasteiger partial charge in [0.2, 0.25) is 0 Å². The number of nitrogens with zero attached hydrogens (tertiary/aromatic N) is 2. The van der Waals surface area contributed by atoms with Gasteiger partial charge in [-0.05, 0) is 24.3 Å². The van der Waals surface area contributed by atoms with Gasteiger partial charge in [-0.25, -0.2) is 0 Å². The van der Waals surface area contributed by atoms with Gasteiger partial charge in [-0.3, -0.25) is 19.6 Å². The number of hydrogen-bond donors (Lipinski definition) is 0. The lowest BCUT2D eigenvalue weighted by atomic mass is 10.2. The molecule has 0 radical (unpaired) electrons. The van der Waals surface area contributed by atoms with Crippen LogP contribution in [0, 0.1) is 0 Å². The molecule has 0 N–H and O–H groups in total. The third kappa shape index (κ3) is 8.87. The van der Waals surface area contributed by atoms with E-state index in [-0.39, 0.29) is 45.5 Å². The smallest absolute Gasteiger partial charge is 0.173 e. The van der Waals surface area contributed by atoms with Gasteiger partial charge in [0.15, 0.2) is 11.6 Å². The average Bonchev–Trinajstić information content (AvgIpc) is 2.55. The van der Waals surface area contributed by atoms with E-state index in [0.717, 1.165) is 0 Å². The molecule has 0 aliphatic heterocycles. The fourth-order valence-corrected chi connectivity index (χ4v) is 1.88. The second-order valence-corrected chi connectivity index (χ2v) is 4.71. The summed E-state index contributed by atoms with van der Waals surface area (Å²) in [6.07, 6.45) is 6.43. The molecule has 2 rings (SSSR count). The number of Topliss-reactive ketones (excluding diaryl/α,β-unsaturated/α-hetero) is 2. The molecule has 4 nitrogen and oxygen atoms in total. The lowest BCUT2D eigenvalue weighted by Gasteiger charge is -1.92. The first kappa shape index (κ1) is 23.8. The molecule has 0 aromatic carbocycles. The number of halogens is 4. The van der Waals surface area contributed by atoms with Crippen molar-refractivity contribution in [3.63, 3.8) is 0 Å². The minimum absolute atomic E-state index is 0. The van der Waals surface area contributed by atoms with E-state index < -0.39 is 0 Å². The Morgan fingerprint density at radius 2 is 1.00 bits per heavy atom. The van der Waals surface area contributed by atoms with Crippen molar-refractivity contribution in [3.05, 3.63) is 60.2 Å². The van der Waals surface area contributed by atoms with Gasteiger partial charge in [-0.2, -0.15) is 0 Å².